The van der Waals surface area contributed by atoms with E-state index in [2.05, 4.69) is 39.0 Å². The van der Waals surface area contributed by atoms with Crippen LogP contribution in [-0.4, -0.2) is 0 Å². The summed E-state index contributed by atoms with van der Waals surface area (Å²) in [5, 5.41) is 0. The summed E-state index contributed by atoms with van der Waals surface area (Å²) < 4.78 is 0. The summed E-state index contributed by atoms with van der Waals surface area (Å²) in [5.74, 6) is 0. The molecule has 19 heavy (non-hydrogen) atoms. The molecule has 0 fully saturated rings. The summed E-state index contributed by atoms with van der Waals surface area (Å²) in [4.78, 5) is 0. The van der Waals surface area contributed by atoms with Gasteiger partial charge in [-0.15, -0.1) is 0 Å². The Morgan fingerprint density at radius 2 is 1.58 bits per heavy atom. The van der Waals surface area contributed by atoms with Crippen molar-refractivity contribution in [1.29, 1.82) is 0 Å². The second kappa shape index (κ2) is 6.93. The van der Waals surface area contributed by atoms with Crippen molar-refractivity contribution >= 4 is 0 Å². The summed E-state index contributed by atoms with van der Waals surface area (Å²) in [7, 11) is 0. The molecule has 0 saturated heterocycles. The van der Waals surface area contributed by atoms with Gasteiger partial charge in [-0.3, -0.25) is 0 Å². The quantitative estimate of drug-likeness (QED) is 0.503. The Labute approximate surface area is 119 Å². The lowest BCUT2D eigenvalue weighted by atomic mass is 9.91. The van der Waals surface area contributed by atoms with Crippen LogP contribution in [0.4, 0.5) is 0 Å². The van der Waals surface area contributed by atoms with Crippen LogP contribution in [-0.2, 0) is 0 Å². The van der Waals surface area contributed by atoms with Crippen molar-refractivity contribution in [1.82, 2.24) is 0 Å². The van der Waals surface area contributed by atoms with Crippen LogP contribution in [0.15, 0.2) is 46.1 Å². The van der Waals surface area contributed by atoms with Crippen LogP contribution in [0.1, 0.15) is 72.1 Å². The van der Waals surface area contributed by atoms with Crippen molar-refractivity contribution in [2.45, 2.75) is 72.1 Å². The second-order valence-corrected chi connectivity index (χ2v) is 5.75. The topological polar surface area (TPSA) is 0 Å². The fourth-order valence-electron chi connectivity index (χ4n) is 3.43. The van der Waals surface area contributed by atoms with E-state index in [1.54, 1.807) is 27.9 Å². The summed E-state index contributed by atoms with van der Waals surface area (Å²) in [6, 6.07) is 0. The van der Waals surface area contributed by atoms with E-state index in [0.717, 1.165) is 0 Å². The van der Waals surface area contributed by atoms with E-state index in [4.69, 9.17) is 0 Å². The van der Waals surface area contributed by atoms with Gasteiger partial charge in [0.15, 0.2) is 0 Å². The molecule has 0 aromatic carbocycles. The van der Waals surface area contributed by atoms with Gasteiger partial charge in [-0.25, -0.2) is 0 Å². The fourth-order valence-corrected chi connectivity index (χ4v) is 3.43. The average Bonchev–Trinajstić information content (AvgIpc) is 2.99. The van der Waals surface area contributed by atoms with Gasteiger partial charge in [0.25, 0.3) is 0 Å². The second-order valence-electron chi connectivity index (χ2n) is 5.75. The monoisotopic (exact) mass is 256 g/mol. The molecule has 0 spiro atoms. The third-order valence-electron chi connectivity index (χ3n) is 4.24. The first kappa shape index (κ1) is 14.4. The molecule has 0 aromatic rings. The van der Waals surface area contributed by atoms with E-state index >= 15 is 0 Å². The molecule has 0 heterocycles. The molecule has 0 heteroatoms. The van der Waals surface area contributed by atoms with Crippen LogP contribution in [0.3, 0.4) is 0 Å². The fraction of sp³-hybridized carbons (Fsp3) is 0.579. The number of allylic oxidation sites excluding steroid dienone is 8. The maximum Gasteiger partial charge on any atom is -0.00857 e. The van der Waals surface area contributed by atoms with Crippen molar-refractivity contribution in [3.63, 3.8) is 0 Å². The van der Waals surface area contributed by atoms with Gasteiger partial charge in [0.05, 0.1) is 0 Å². The highest BCUT2D eigenvalue weighted by Crippen LogP contribution is 2.40. The van der Waals surface area contributed by atoms with Gasteiger partial charge in [-0.1, -0.05) is 58.3 Å². The maximum absolute atomic E-state index is 2.50. The van der Waals surface area contributed by atoms with Gasteiger partial charge in [0, 0.05) is 0 Å². The molecule has 0 aliphatic heterocycles. The van der Waals surface area contributed by atoms with E-state index in [1.165, 1.54) is 51.4 Å². The number of rotatable bonds is 7. The largest absolute Gasteiger partial charge is 0.0798 e. The first-order valence-electron chi connectivity index (χ1n) is 8.12. The molecule has 0 N–H and O–H groups in total. The summed E-state index contributed by atoms with van der Waals surface area (Å²) in [5.41, 5.74) is 8.29. The zero-order valence-electron chi connectivity index (χ0n) is 12.9. The lowest BCUT2D eigenvalue weighted by Gasteiger charge is -2.14. The molecule has 0 amide bonds. The Kier molecular flexibility index (Phi) is 5.24. The highest BCUT2D eigenvalue weighted by atomic mass is 14.3. The van der Waals surface area contributed by atoms with Gasteiger partial charge >= 0.3 is 0 Å². The van der Waals surface area contributed by atoms with Crippen LogP contribution in [0.25, 0.3) is 0 Å². The molecule has 2 aliphatic carbocycles. The van der Waals surface area contributed by atoms with E-state index in [-0.39, 0.29) is 0 Å². The summed E-state index contributed by atoms with van der Waals surface area (Å²) >= 11 is 0. The molecule has 0 saturated carbocycles. The van der Waals surface area contributed by atoms with Crippen LogP contribution in [0.2, 0.25) is 0 Å². The molecule has 0 aromatic heterocycles. The first-order chi connectivity index (χ1) is 9.31. The molecule has 0 nitrogen and oxygen atoms in total. The Morgan fingerprint density at radius 1 is 0.842 bits per heavy atom. The Morgan fingerprint density at radius 3 is 2.26 bits per heavy atom. The van der Waals surface area contributed by atoms with Crippen molar-refractivity contribution in [3.05, 3.63) is 46.1 Å². The normalized spacial score (nSPS) is 18.8. The Bertz CT molecular complexity index is 441. The minimum Gasteiger partial charge on any atom is -0.0798 e. The van der Waals surface area contributed by atoms with E-state index in [9.17, 15) is 0 Å². The standard InChI is InChI=1S/C19H28/c1-4-8-15-11-7-12-18(15)19-14-13-16(9-5-2)17(19)10-6-3/h7,11,13H,4-6,8-10,12,14H2,1-3H3. The molecule has 0 bridgehead atoms. The lowest BCUT2D eigenvalue weighted by molar-refractivity contribution is 0.851. The van der Waals surface area contributed by atoms with Crippen LogP contribution in [0, 0.1) is 0 Å². The molecular weight excluding hydrogens is 228 g/mol. The highest BCUT2D eigenvalue weighted by Gasteiger charge is 2.21. The van der Waals surface area contributed by atoms with Gasteiger partial charge < -0.3 is 0 Å². The van der Waals surface area contributed by atoms with Gasteiger partial charge in [0.2, 0.25) is 0 Å². The first-order valence-corrected chi connectivity index (χ1v) is 8.12. The third-order valence-corrected chi connectivity index (χ3v) is 4.24. The maximum atomic E-state index is 2.50. The minimum atomic E-state index is 1.17. The molecule has 0 unspecified atom stereocenters. The lowest BCUT2D eigenvalue weighted by Crippen LogP contribution is -1.95. The smallest absolute Gasteiger partial charge is 0.00857 e. The van der Waals surface area contributed by atoms with E-state index in [1.807, 2.05) is 0 Å². The van der Waals surface area contributed by atoms with Crippen molar-refractivity contribution < 1.29 is 0 Å². The Hall–Kier alpha value is -1.04. The molecule has 2 rings (SSSR count). The average molecular weight is 256 g/mol. The SMILES string of the molecule is CCCC1=CCC(C2=C(CCC)C=CC2)=C1CCC. The van der Waals surface area contributed by atoms with Crippen molar-refractivity contribution in [2.75, 3.05) is 0 Å². The Balaban J connectivity index is 2.29. The summed E-state index contributed by atoms with van der Waals surface area (Å²) in [6.07, 6.45) is 17.2. The predicted molar refractivity (Wildman–Crippen MR) is 85.2 cm³/mol. The molecular formula is C19H28. The molecule has 0 radical (unpaired) electrons. The molecule has 2 aliphatic rings. The van der Waals surface area contributed by atoms with E-state index in [0.29, 0.717) is 0 Å². The molecule has 104 valence electrons. The number of hydrogen-bond donors (Lipinski definition) is 0. The van der Waals surface area contributed by atoms with Gasteiger partial charge in [-0.2, -0.15) is 0 Å². The van der Waals surface area contributed by atoms with Gasteiger partial charge in [-0.05, 0) is 60.0 Å². The zero-order valence-corrected chi connectivity index (χ0v) is 12.9. The minimum absolute atomic E-state index is 1.17. The highest BCUT2D eigenvalue weighted by molar-refractivity contribution is 5.56. The number of hydrogen-bond acceptors (Lipinski definition) is 0. The van der Waals surface area contributed by atoms with Crippen molar-refractivity contribution in [2.24, 2.45) is 0 Å². The zero-order chi connectivity index (χ0) is 13.7. The van der Waals surface area contributed by atoms with E-state index < -0.39 is 0 Å². The van der Waals surface area contributed by atoms with Gasteiger partial charge in [0.1, 0.15) is 0 Å². The van der Waals surface area contributed by atoms with Crippen LogP contribution in [0.5, 0.6) is 0 Å². The van der Waals surface area contributed by atoms with Crippen LogP contribution < -0.4 is 0 Å². The predicted octanol–water partition coefficient (Wildman–Crippen LogP) is 6.27. The summed E-state index contributed by atoms with van der Waals surface area (Å²) in [6.45, 7) is 6.88. The third kappa shape index (κ3) is 3.11. The van der Waals surface area contributed by atoms with Crippen LogP contribution >= 0.6 is 0 Å². The van der Waals surface area contributed by atoms with Crippen molar-refractivity contribution in [3.8, 4) is 0 Å². The molecule has 0 atom stereocenters.